The highest BCUT2D eigenvalue weighted by molar-refractivity contribution is 9.10. The molecule has 0 unspecified atom stereocenters. The molecule has 0 saturated carbocycles. The largest absolute Gasteiger partial charge is 0.573 e. The second kappa shape index (κ2) is 4.86. The standard InChI is InChI=1S/C10H8BrF3O2/c1-6(15)5-7-3-2-4-8(11)9(7)16-10(12,13)14/h2-4H,5H2,1H3. The Bertz CT molecular complexity index is 402. The van der Waals surface area contributed by atoms with E-state index in [2.05, 4.69) is 20.7 Å². The smallest absolute Gasteiger partial charge is 0.404 e. The van der Waals surface area contributed by atoms with Crippen molar-refractivity contribution in [3.05, 3.63) is 28.2 Å². The molecule has 0 saturated heterocycles. The molecule has 0 aliphatic carbocycles. The first-order valence-electron chi connectivity index (χ1n) is 4.32. The Morgan fingerprint density at radius 2 is 2.06 bits per heavy atom. The van der Waals surface area contributed by atoms with E-state index in [-0.39, 0.29) is 28.0 Å². The third-order valence-electron chi connectivity index (χ3n) is 1.71. The number of alkyl halides is 3. The fourth-order valence-electron chi connectivity index (χ4n) is 1.19. The van der Waals surface area contributed by atoms with Crippen molar-refractivity contribution in [3.63, 3.8) is 0 Å². The molecule has 0 bridgehead atoms. The van der Waals surface area contributed by atoms with Crippen LogP contribution in [0.15, 0.2) is 22.7 Å². The molecule has 1 rings (SSSR count). The van der Waals surface area contributed by atoms with Gasteiger partial charge in [-0.3, -0.25) is 4.79 Å². The first-order chi connectivity index (χ1) is 7.29. The van der Waals surface area contributed by atoms with Crippen LogP contribution < -0.4 is 4.74 Å². The van der Waals surface area contributed by atoms with Crippen molar-refractivity contribution in [1.82, 2.24) is 0 Å². The van der Waals surface area contributed by atoms with Crippen molar-refractivity contribution in [2.24, 2.45) is 0 Å². The first-order valence-corrected chi connectivity index (χ1v) is 5.11. The molecular formula is C10H8BrF3O2. The number of rotatable bonds is 3. The quantitative estimate of drug-likeness (QED) is 0.854. The maximum Gasteiger partial charge on any atom is 0.573 e. The number of carbonyl (C=O) groups is 1. The molecule has 0 amide bonds. The summed E-state index contributed by atoms with van der Waals surface area (Å²) in [5.74, 6) is -0.588. The van der Waals surface area contributed by atoms with E-state index in [1.54, 1.807) is 6.07 Å². The molecule has 0 aliphatic rings. The Morgan fingerprint density at radius 1 is 1.44 bits per heavy atom. The van der Waals surface area contributed by atoms with Gasteiger partial charge in [-0.05, 0) is 28.9 Å². The van der Waals surface area contributed by atoms with Gasteiger partial charge in [0.1, 0.15) is 11.5 Å². The van der Waals surface area contributed by atoms with Crippen LogP contribution in [0.3, 0.4) is 0 Å². The van der Waals surface area contributed by atoms with E-state index >= 15 is 0 Å². The Labute approximate surface area is 98.5 Å². The third kappa shape index (κ3) is 3.84. The van der Waals surface area contributed by atoms with Crippen molar-refractivity contribution in [3.8, 4) is 5.75 Å². The van der Waals surface area contributed by atoms with Gasteiger partial charge in [-0.2, -0.15) is 0 Å². The Kier molecular flexibility index (Phi) is 3.96. The van der Waals surface area contributed by atoms with Gasteiger partial charge in [0.05, 0.1) is 4.47 Å². The zero-order chi connectivity index (χ0) is 12.3. The topological polar surface area (TPSA) is 26.3 Å². The monoisotopic (exact) mass is 296 g/mol. The van der Waals surface area contributed by atoms with Crippen molar-refractivity contribution in [2.75, 3.05) is 0 Å². The van der Waals surface area contributed by atoms with Crippen LogP contribution >= 0.6 is 15.9 Å². The van der Waals surface area contributed by atoms with Gasteiger partial charge < -0.3 is 4.74 Å². The number of Topliss-reactive ketones (excluding diaryl/α,β-unsaturated/α-hetero) is 1. The Hall–Kier alpha value is -1.04. The number of hydrogen-bond donors (Lipinski definition) is 0. The fourth-order valence-corrected chi connectivity index (χ4v) is 1.68. The van der Waals surface area contributed by atoms with Gasteiger partial charge in [-0.15, -0.1) is 13.2 Å². The Balaban J connectivity index is 3.08. The van der Waals surface area contributed by atoms with Crippen LogP contribution in [0.2, 0.25) is 0 Å². The maximum absolute atomic E-state index is 12.1. The molecule has 0 atom stereocenters. The molecule has 16 heavy (non-hydrogen) atoms. The van der Waals surface area contributed by atoms with Crippen LogP contribution in [0, 0.1) is 0 Å². The third-order valence-corrected chi connectivity index (χ3v) is 2.33. The van der Waals surface area contributed by atoms with Gasteiger partial charge in [0.15, 0.2) is 0 Å². The summed E-state index contributed by atoms with van der Waals surface area (Å²) in [6.45, 7) is 1.30. The molecule has 0 aromatic heterocycles. The molecule has 1 aromatic carbocycles. The van der Waals surface area contributed by atoms with Crippen molar-refractivity contribution >= 4 is 21.7 Å². The summed E-state index contributed by atoms with van der Waals surface area (Å²) in [6, 6.07) is 4.39. The lowest BCUT2D eigenvalue weighted by Crippen LogP contribution is -2.19. The average Bonchev–Trinajstić information content (AvgIpc) is 2.08. The highest BCUT2D eigenvalue weighted by atomic mass is 79.9. The highest BCUT2D eigenvalue weighted by Gasteiger charge is 2.33. The first kappa shape index (κ1) is 13.0. The number of hydrogen-bond acceptors (Lipinski definition) is 2. The van der Waals surface area contributed by atoms with Gasteiger partial charge in [-0.1, -0.05) is 12.1 Å². The van der Waals surface area contributed by atoms with Crippen molar-refractivity contribution in [1.29, 1.82) is 0 Å². The minimum Gasteiger partial charge on any atom is -0.404 e. The van der Waals surface area contributed by atoms with Gasteiger partial charge in [0.25, 0.3) is 0 Å². The van der Waals surface area contributed by atoms with Gasteiger partial charge in [-0.25, -0.2) is 0 Å². The van der Waals surface area contributed by atoms with Gasteiger partial charge in [0, 0.05) is 12.0 Å². The minimum absolute atomic E-state index is 0.0924. The number of ketones is 1. The number of carbonyl (C=O) groups excluding carboxylic acids is 1. The second-order valence-electron chi connectivity index (χ2n) is 3.15. The minimum atomic E-state index is -4.77. The van der Waals surface area contributed by atoms with Crippen LogP contribution in [0.25, 0.3) is 0 Å². The summed E-state index contributed by atoms with van der Waals surface area (Å²) in [7, 11) is 0. The molecular weight excluding hydrogens is 289 g/mol. The molecule has 0 N–H and O–H groups in total. The molecule has 0 aliphatic heterocycles. The molecule has 6 heteroatoms. The summed E-state index contributed by atoms with van der Waals surface area (Å²) in [4.78, 5) is 10.9. The van der Waals surface area contributed by atoms with Gasteiger partial charge in [0.2, 0.25) is 0 Å². The zero-order valence-corrected chi connectivity index (χ0v) is 9.85. The van der Waals surface area contributed by atoms with Crippen LogP contribution in [0.1, 0.15) is 12.5 Å². The van der Waals surface area contributed by atoms with E-state index in [1.165, 1.54) is 19.1 Å². The summed E-state index contributed by atoms with van der Waals surface area (Å²) >= 11 is 2.95. The maximum atomic E-state index is 12.1. The van der Waals surface area contributed by atoms with Crippen LogP contribution in [0.5, 0.6) is 5.75 Å². The van der Waals surface area contributed by atoms with Crippen LogP contribution in [-0.4, -0.2) is 12.1 Å². The lowest BCUT2D eigenvalue weighted by atomic mass is 10.1. The SMILES string of the molecule is CC(=O)Cc1cccc(Br)c1OC(F)(F)F. The summed E-state index contributed by atoms with van der Waals surface area (Å²) in [5, 5.41) is 0. The van der Waals surface area contributed by atoms with Crippen LogP contribution in [-0.2, 0) is 11.2 Å². The van der Waals surface area contributed by atoms with Crippen molar-refractivity contribution < 1.29 is 22.7 Å². The lowest BCUT2D eigenvalue weighted by Gasteiger charge is -2.14. The molecule has 1 aromatic rings. The molecule has 2 nitrogen and oxygen atoms in total. The Morgan fingerprint density at radius 3 is 2.56 bits per heavy atom. The molecule has 0 spiro atoms. The van der Waals surface area contributed by atoms with E-state index in [1.807, 2.05) is 0 Å². The van der Waals surface area contributed by atoms with E-state index in [0.717, 1.165) is 0 Å². The number of ether oxygens (including phenoxy) is 1. The second-order valence-corrected chi connectivity index (χ2v) is 4.01. The van der Waals surface area contributed by atoms with E-state index in [0.29, 0.717) is 0 Å². The normalized spacial score (nSPS) is 11.3. The van der Waals surface area contributed by atoms with Crippen LogP contribution in [0.4, 0.5) is 13.2 Å². The number of halogens is 4. The van der Waals surface area contributed by atoms with E-state index in [4.69, 9.17) is 0 Å². The fraction of sp³-hybridized carbons (Fsp3) is 0.300. The predicted molar refractivity (Wildman–Crippen MR) is 55.2 cm³/mol. The molecule has 0 fully saturated rings. The molecule has 0 radical (unpaired) electrons. The summed E-state index contributed by atoms with van der Waals surface area (Å²) in [5.41, 5.74) is 0.208. The predicted octanol–water partition coefficient (Wildman–Crippen LogP) is 3.48. The molecule has 0 heterocycles. The number of para-hydroxylation sites is 1. The lowest BCUT2D eigenvalue weighted by molar-refractivity contribution is -0.275. The zero-order valence-electron chi connectivity index (χ0n) is 8.27. The van der Waals surface area contributed by atoms with Crippen molar-refractivity contribution in [2.45, 2.75) is 19.7 Å². The number of benzene rings is 1. The van der Waals surface area contributed by atoms with Gasteiger partial charge >= 0.3 is 6.36 Å². The average molecular weight is 297 g/mol. The summed E-state index contributed by atoms with van der Waals surface area (Å²) in [6.07, 6.45) is -4.86. The molecule has 88 valence electrons. The summed E-state index contributed by atoms with van der Waals surface area (Å²) < 4.78 is 40.4. The van der Waals surface area contributed by atoms with E-state index < -0.39 is 6.36 Å². The highest BCUT2D eigenvalue weighted by Crippen LogP contribution is 2.34. The van der Waals surface area contributed by atoms with E-state index in [9.17, 15) is 18.0 Å².